The molecule has 1 heterocycles. The van der Waals surface area contributed by atoms with Gasteiger partial charge in [-0.15, -0.1) is 0 Å². The van der Waals surface area contributed by atoms with Crippen molar-refractivity contribution in [3.05, 3.63) is 0 Å². The Kier molecular flexibility index (Phi) is 11.6. The van der Waals surface area contributed by atoms with Gasteiger partial charge in [-0.05, 0) is 38.5 Å². The maximum atomic E-state index is 10.9. The zero-order valence-electron chi connectivity index (χ0n) is 14.2. The first kappa shape index (κ1) is 20.0. The molecular formula is C18H30O5. The highest BCUT2D eigenvalue weighted by Crippen LogP contribution is 2.13. The van der Waals surface area contributed by atoms with E-state index >= 15 is 0 Å². The Balaban J connectivity index is 1.92. The average Bonchev–Trinajstić information content (AvgIpc) is 2.58. The molecule has 0 amide bonds. The summed E-state index contributed by atoms with van der Waals surface area (Å²) in [6.45, 7) is 1.08. The van der Waals surface area contributed by atoms with E-state index in [1.54, 1.807) is 0 Å². The quantitative estimate of drug-likeness (QED) is 0.380. The lowest BCUT2D eigenvalue weighted by molar-refractivity contribution is -0.154. The zero-order valence-corrected chi connectivity index (χ0v) is 14.2. The molecule has 0 radical (unpaired) electrons. The fraction of sp³-hybridized carbons (Fsp3) is 0.833. The predicted molar refractivity (Wildman–Crippen MR) is 87.7 cm³/mol. The van der Waals surface area contributed by atoms with Gasteiger partial charge >= 0.3 is 5.97 Å². The number of aliphatic hydroxyl groups excluding tert-OH is 1. The third-order valence-electron chi connectivity index (χ3n) is 3.83. The highest BCUT2D eigenvalue weighted by molar-refractivity contribution is 5.68. The van der Waals surface area contributed by atoms with E-state index < -0.39 is 6.10 Å². The Hall–Kier alpha value is -1.09. The molecule has 5 nitrogen and oxygen atoms in total. The van der Waals surface area contributed by atoms with Crippen molar-refractivity contribution in [2.24, 2.45) is 0 Å². The lowest BCUT2D eigenvalue weighted by Crippen LogP contribution is -2.22. The summed E-state index contributed by atoms with van der Waals surface area (Å²) >= 11 is 0. The molecule has 0 aromatic heterocycles. The van der Waals surface area contributed by atoms with Crippen LogP contribution in [0.5, 0.6) is 0 Å². The molecule has 23 heavy (non-hydrogen) atoms. The van der Waals surface area contributed by atoms with Gasteiger partial charge in [0.05, 0.1) is 7.11 Å². The number of aliphatic hydroxyl groups is 1. The van der Waals surface area contributed by atoms with Gasteiger partial charge in [0.15, 0.2) is 6.29 Å². The van der Waals surface area contributed by atoms with Crippen molar-refractivity contribution >= 4 is 5.97 Å². The lowest BCUT2D eigenvalue weighted by atomic mass is 10.1. The van der Waals surface area contributed by atoms with Crippen molar-refractivity contribution in [3.63, 3.8) is 0 Å². The summed E-state index contributed by atoms with van der Waals surface area (Å²) < 4.78 is 15.5. The van der Waals surface area contributed by atoms with Gasteiger partial charge in [0.25, 0.3) is 0 Å². The van der Waals surface area contributed by atoms with Crippen LogP contribution in [0.15, 0.2) is 0 Å². The molecule has 1 saturated heterocycles. The van der Waals surface area contributed by atoms with Crippen LogP contribution in [0.4, 0.5) is 0 Å². The van der Waals surface area contributed by atoms with Gasteiger partial charge in [0.1, 0.15) is 12.7 Å². The number of rotatable bonds is 10. The zero-order chi connectivity index (χ0) is 16.8. The molecule has 1 rings (SSSR count). The minimum Gasteiger partial charge on any atom is -0.469 e. The summed E-state index contributed by atoms with van der Waals surface area (Å²) in [7, 11) is 1.41. The van der Waals surface area contributed by atoms with Gasteiger partial charge in [0.2, 0.25) is 0 Å². The van der Waals surface area contributed by atoms with Gasteiger partial charge in [-0.3, -0.25) is 4.79 Å². The van der Waals surface area contributed by atoms with E-state index in [-0.39, 0.29) is 12.3 Å². The van der Waals surface area contributed by atoms with Crippen molar-refractivity contribution in [2.45, 2.75) is 76.6 Å². The van der Waals surface area contributed by atoms with Crippen LogP contribution >= 0.6 is 0 Å². The normalized spacial score (nSPS) is 18.8. The molecule has 1 aliphatic rings. The first-order valence-electron chi connectivity index (χ1n) is 8.69. The van der Waals surface area contributed by atoms with Gasteiger partial charge < -0.3 is 19.3 Å². The largest absolute Gasteiger partial charge is 0.469 e. The third kappa shape index (κ3) is 11.1. The minimum atomic E-state index is -0.582. The SMILES string of the molecule is COC(=O)CCCCCCCC(O)C#CCOC1CCCCO1. The molecule has 2 atom stereocenters. The van der Waals surface area contributed by atoms with Crippen LogP contribution in [-0.4, -0.2) is 43.8 Å². The van der Waals surface area contributed by atoms with Gasteiger partial charge in [-0.2, -0.15) is 0 Å². The minimum absolute atomic E-state index is 0.125. The van der Waals surface area contributed by atoms with E-state index in [9.17, 15) is 9.90 Å². The summed E-state index contributed by atoms with van der Waals surface area (Å²) in [5.74, 6) is 5.53. The summed E-state index contributed by atoms with van der Waals surface area (Å²) in [4.78, 5) is 10.9. The Morgan fingerprint density at radius 3 is 2.78 bits per heavy atom. The van der Waals surface area contributed by atoms with E-state index in [4.69, 9.17) is 9.47 Å². The van der Waals surface area contributed by atoms with Crippen LogP contribution in [0.1, 0.15) is 64.2 Å². The third-order valence-corrected chi connectivity index (χ3v) is 3.83. The van der Waals surface area contributed by atoms with Gasteiger partial charge in [-0.25, -0.2) is 0 Å². The van der Waals surface area contributed by atoms with Crippen molar-refractivity contribution in [3.8, 4) is 11.8 Å². The Bertz CT molecular complexity index is 365. The van der Waals surface area contributed by atoms with E-state index in [0.29, 0.717) is 19.4 Å². The van der Waals surface area contributed by atoms with Gasteiger partial charge in [-0.1, -0.05) is 31.1 Å². The molecule has 132 valence electrons. The van der Waals surface area contributed by atoms with E-state index in [2.05, 4.69) is 16.6 Å². The predicted octanol–water partition coefficient (Wildman–Crippen LogP) is 2.80. The molecule has 0 saturated carbocycles. The lowest BCUT2D eigenvalue weighted by Gasteiger charge is -2.21. The first-order chi connectivity index (χ1) is 11.2. The highest BCUT2D eigenvalue weighted by atomic mass is 16.7. The number of ether oxygens (including phenoxy) is 3. The van der Waals surface area contributed by atoms with Crippen LogP contribution in [0.3, 0.4) is 0 Å². The smallest absolute Gasteiger partial charge is 0.305 e. The van der Waals surface area contributed by atoms with Crippen molar-refractivity contribution in [1.82, 2.24) is 0 Å². The highest BCUT2D eigenvalue weighted by Gasteiger charge is 2.12. The fourth-order valence-corrected chi connectivity index (χ4v) is 2.45. The Morgan fingerprint density at radius 1 is 1.26 bits per heavy atom. The number of carbonyl (C=O) groups excluding carboxylic acids is 1. The molecular weight excluding hydrogens is 296 g/mol. The topological polar surface area (TPSA) is 65.0 Å². The van der Waals surface area contributed by atoms with Crippen LogP contribution in [0.2, 0.25) is 0 Å². The molecule has 0 aliphatic carbocycles. The second-order valence-electron chi connectivity index (χ2n) is 5.83. The number of carbonyl (C=O) groups is 1. The number of hydrogen-bond donors (Lipinski definition) is 1. The number of unbranched alkanes of at least 4 members (excludes halogenated alkanes) is 4. The number of hydrogen-bond acceptors (Lipinski definition) is 5. The molecule has 0 aromatic carbocycles. The van der Waals surface area contributed by atoms with Crippen LogP contribution in [0, 0.1) is 11.8 Å². The summed E-state index contributed by atoms with van der Waals surface area (Å²) in [6, 6.07) is 0. The molecule has 1 aliphatic heterocycles. The molecule has 5 heteroatoms. The second kappa shape index (κ2) is 13.4. The van der Waals surface area contributed by atoms with Crippen LogP contribution in [-0.2, 0) is 19.0 Å². The van der Waals surface area contributed by atoms with Crippen molar-refractivity contribution < 1.29 is 24.1 Å². The van der Waals surface area contributed by atoms with Crippen LogP contribution < -0.4 is 0 Å². The van der Waals surface area contributed by atoms with Crippen molar-refractivity contribution in [2.75, 3.05) is 20.3 Å². The Labute approximate surface area is 139 Å². The van der Waals surface area contributed by atoms with Crippen LogP contribution in [0.25, 0.3) is 0 Å². The molecule has 0 aromatic rings. The maximum absolute atomic E-state index is 10.9. The Morgan fingerprint density at radius 2 is 2.04 bits per heavy atom. The average molecular weight is 326 g/mol. The second-order valence-corrected chi connectivity index (χ2v) is 5.83. The fourth-order valence-electron chi connectivity index (χ4n) is 2.45. The summed E-state index contributed by atoms with van der Waals surface area (Å²) in [5, 5.41) is 9.77. The summed E-state index contributed by atoms with van der Waals surface area (Å²) in [6.07, 6.45) is 8.60. The molecule has 2 unspecified atom stereocenters. The summed E-state index contributed by atoms with van der Waals surface area (Å²) in [5.41, 5.74) is 0. The van der Waals surface area contributed by atoms with Gasteiger partial charge in [0, 0.05) is 13.0 Å². The first-order valence-corrected chi connectivity index (χ1v) is 8.69. The monoisotopic (exact) mass is 326 g/mol. The molecule has 0 bridgehead atoms. The number of methoxy groups -OCH3 is 1. The number of esters is 1. The molecule has 1 N–H and O–H groups in total. The van der Waals surface area contributed by atoms with E-state index in [1.165, 1.54) is 7.11 Å². The van der Waals surface area contributed by atoms with Crippen molar-refractivity contribution in [1.29, 1.82) is 0 Å². The molecule has 1 fully saturated rings. The molecule has 0 spiro atoms. The standard InChI is InChI=1S/C18H30O5/c1-21-17(20)12-6-4-2-3-5-10-16(19)11-9-15-23-18-13-7-8-14-22-18/h16,18-19H,2-8,10,12-15H2,1H3. The maximum Gasteiger partial charge on any atom is 0.305 e. The van der Waals surface area contributed by atoms with E-state index in [0.717, 1.165) is 58.0 Å². The van der Waals surface area contributed by atoms with E-state index in [1.807, 2.05) is 0 Å².